The second kappa shape index (κ2) is 9.22. The SMILES string of the molecule is NC(=O)Nc1cccc(C(=O)N(CCCC(=O)O)Cc2ccccc2)c1. The molecule has 0 atom stereocenters. The summed E-state index contributed by atoms with van der Waals surface area (Å²) >= 11 is 0. The van der Waals surface area contributed by atoms with Crippen molar-refractivity contribution < 1.29 is 19.5 Å². The Kier molecular flexibility index (Phi) is 6.73. The van der Waals surface area contributed by atoms with Crippen molar-refractivity contribution in [3.05, 3.63) is 65.7 Å². The average Bonchev–Trinajstić information content (AvgIpc) is 2.60. The van der Waals surface area contributed by atoms with Gasteiger partial charge in [-0.2, -0.15) is 0 Å². The fraction of sp³-hybridized carbons (Fsp3) is 0.211. The number of carbonyl (C=O) groups is 3. The van der Waals surface area contributed by atoms with Crippen LogP contribution in [0, 0.1) is 0 Å². The van der Waals surface area contributed by atoms with Crippen molar-refractivity contribution in [2.45, 2.75) is 19.4 Å². The number of benzene rings is 2. The van der Waals surface area contributed by atoms with Gasteiger partial charge >= 0.3 is 12.0 Å². The van der Waals surface area contributed by atoms with Gasteiger partial charge in [-0.1, -0.05) is 36.4 Å². The number of hydrogen-bond acceptors (Lipinski definition) is 3. The van der Waals surface area contributed by atoms with Gasteiger partial charge in [0.25, 0.3) is 5.91 Å². The van der Waals surface area contributed by atoms with Crippen molar-refractivity contribution in [3.8, 4) is 0 Å². The summed E-state index contributed by atoms with van der Waals surface area (Å²) < 4.78 is 0. The number of nitrogens with one attached hydrogen (secondary N) is 1. The standard InChI is InChI=1S/C19H21N3O4/c20-19(26)21-16-9-4-8-15(12-16)18(25)22(11-5-10-17(23)24)13-14-6-2-1-3-7-14/h1-4,6-9,12H,5,10-11,13H2,(H,23,24)(H3,20,21,26). The van der Waals surface area contributed by atoms with E-state index in [1.54, 1.807) is 29.2 Å². The smallest absolute Gasteiger partial charge is 0.316 e. The van der Waals surface area contributed by atoms with Gasteiger partial charge in [-0.3, -0.25) is 9.59 Å². The summed E-state index contributed by atoms with van der Waals surface area (Å²) in [6.45, 7) is 0.681. The van der Waals surface area contributed by atoms with E-state index in [1.165, 1.54) is 0 Å². The lowest BCUT2D eigenvalue weighted by Crippen LogP contribution is -2.32. The van der Waals surface area contributed by atoms with Crippen LogP contribution in [0.25, 0.3) is 0 Å². The predicted octanol–water partition coefficient (Wildman–Crippen LogP) is 2.68. The number of carboxylic acid groups (broad SMARTS) is 1. The van der Waals surface area contributed by atoms with Gasteiger partial charge in [-0.05, 0) is 30.2 Å². The van der Waals surface area contributed by atoms with Gasteiger partial charge in [0.2, 0.25) is 0 Å². The second-order valence-corrected chi connectivity index (χ2v) is 5.78. The fourth-order valence-electron chi connectivity index (χ4n) is 2.53. The Bertz CT molecular complexity index is 777. The molecule has 0 radical (unpaired) electrons. The normalized spacial score (nSPS) is 10.2. The number of amides is 3. The molecular weight excluding hydrogens is 334 g/mol. The zero-order chi connectivity index (χ0) is 18.9. The molecule has 0 spiro atoms. The summed E-state index contributed by atoms with van der Waals surface area (Å²) in [6.07, 6.45) is 0.342. The summed E-state index contributed by atoms with van der Waals surface area (Å²) in [6, 6.07) is 15.2. The molecule has 0 saturated carbocycles. The van der Waals surface area contributed by atoms with Crippen LogP contribution in [0.1, 0.15) is 28.8 Å². The zero-order valence-electron chi connectivity index (χ0n) is 14.2. The highest BCUT2D eigenvalue weighted by molar-refractivity contribution is 5.96. The van der Waals surface area contributed by atoms with Crippen LogP contribution in [-0.2, 0) is 11.3 Å². The molecule has 2 aromatic carbocycles. The van der Waals surface area contributed by atoms with Crippen LogP contribution >= 0.6 is 0 Å². The average molecular weight is 355 g/mol. The van der Waals surface area contributed by atoms with E-state index in [0.717, 1.165) is 5.56 Å². The minimum atomic E-state index is -0.898. The molecule has 7 heteroatoms. The van der Waals surface area contributed by atoms with Crippen molar-refractivity contribution in [1.82, 2.24) is 4.90 Å². The number of nitrogens with two attached hydrogens (primary N) is 1. The number of anilines is 1. The van der Waals surface area contributed by atoms with Gasteiger partial charge in [0.15, 0.2) is 0 Å². The van der Waals surface area contributed by atoms with Crippen molar-refractivity contribution in [1.29, 1.82) is 0 Å². The van der Waals surface area contributed by atoms with E-state index in [2.05, 4.69) is 5.32 Å². The molecule has 0 bridgehead atoms. The number of aliphatic carboxylic acids is 1. The van der Waals surface area contributed by atoms with Crippen molar-refractivity contribution >= 4 is 23.6 Å². The van der Waals surface area contributed by atoms with Crippen LogP contribution in [0.15, 0.2) is 54.6 Å². The summed E-state index contributed by atoms with van der Waals surface area (Å²) in [5, 5.41) is 11.3. The Hall–Kier alpha value is -3.35. The largest absolute Gasteiger partial charge is 0.481 e. The van der Waals surface area contributed by atoms with Gasteiger partial charge in [-0.15, -0.1) is 0 Å². The third-order valence-electron chi connectivity index (χ3n) is 3.70. The molecule has 2 aromatic rings. The maximum absolute atomic E-state index is 12.9. The molecule has 7 nitrogen and oxygen atoms in total. The maximum Gasteiger partial charge on any atom is 0.316 e. The molecule has 0 saturated heterocycles. The molecule has 0 aliphatic rings. The van der Waals surface area contributed by atoms with Crippen LogP contribution in [0.4, 0.5) is 10.5 Å². The Morgan fingerprint density at radius 1 is 1.04 bits per heavy atom. The molecule has 2 rings (SSSR count). The number of carboxylic acids is 1. The topological polar surface area (TPSA) is 113 Å². The molecule has 0 aliphatic carbocycles. The molecule has 0 fully saturated rings. The summed E-state index contributed by atoms with van der Waals surface area (Å²) in [5.41, 5.74) is 6.87. The number of rotatable bonds is 8. The molecule has 3 amide bonds. The third-order valence-corrected chi connectivity index (χ3v) is 3.70. The first-order valence-corrected chi connectivity index (χ1v) is 8.17. The van der Waals surface area contributed by atoms with Crippen LogP contribution in [0.3, 0.4) is 0 Å². The Balaban J connectivity index is 2.18. The third kappa shape index (κ3) is 5.94. The summed E-state index contributed by atoms with van der Waals surface area (Å²) in [5.74, 6) is -1.14. The van der Waals surface area contributed by atoms with Gasteiger partial charge < -0.3 is 21.1 Å². The number of primary amides is 1. The Labute approximate surface area is 151 Å². The van der Waals surface area contributed by atoms with Crippen molar-refractivity contribution in [2.75, 3.05) is 11.9 Å². The quantitative estimate of drug-likeness (QED) is 0.675. The number of hydrogen-bond donors (Lipinski definition) is 3. The number of carbonyl (C=O) groups excluding carboxylic acids is 2. The molecule has 0 aliphatic heterocycles. The van der Waals surface area contributed by atoms with E-state index in [1.807, 2.05) is 30.3 Å². The lowest BCUT2D eigenvalue weighted by atomic mass is 10.1. The van der Waals surface area contributed by atoms with Crippen LogP contribution in [-0.4, -0.2) is 34.5 Å². The number of urea groups is 1. The highest BCUT2D eigenvalue weighted by Gasteiger charge is 2.17. The van der Waals surface area contributed by atoms with Crippen LogP contribution < -0.4 is 11.1 Å². The van der Waals surface area contributed by atoms with Crippen molar-refractivity contribution in [2.24, 2.45) is 5.73 Å². The molecule has 136 valence electrons. The van der Waals surface area contributed by atoms with Gasteiger partial charge in [0.05, 0.1) is 0 Å². The Morgan fingerprint density at radius 3 is 2.42 bits per heavy atom. The lowest BCUT2D eigenvalue weighted by Gasteiger charge is -2.23. The zero-order valence-corrected chi connectivity index (χ0v) is 14.2. The summed E-state index contributed by atoms with van der Waals surface area (Å²) in [4.78, 5) is 36.3. The van der Waals surface area contributed by atoms with E-state index >= 15 is 0 Å². The molecule has 4 N–H and O–H groups in total. The first kappa shape index (κ1) is 19.0. The van der Waals surface area contributed by atoms with Crippen molar-refractivity contribution in [3.63, 3.8) is 0 Å². The van der Waals surface area contributed by atoms with E-state index in [4.69, 9.17) is 10.8 Å². The molecule has 0 heterocycles. The molecule has 0 aromatic heterocycles. The first-order valence-electron chi connectivity index (χ1n) is 8.17. The minimum absolute atomic E-state index is 0.0121. The molecule has 0 unspecified atom stereocenters. The summed E-state index contributed by atoms with van der Waals surface area (Å²) in [7, 11) is 0. The van der Waals surface area contributed by atoms with E-state index in [9.17, 15) is 14.4 Å². The van der Waals surface area contributed by atoms with E-state index in [-0.39, 0.29) is 12.3 Å². The lowest BCUT2D eigenvalue weighted by molar-refractivity contribution is -0.137. The maximum atomic E-state index is 12.9. The highest BCUT2D eigenvalue weighted by Crippen LogP contribution is 2.15. The number of nitrogens with zero attached hydrogens (tertiary/aromatic N) is 1. The first-order chi connectivity index (χ1) is 12.5. The van der Waals surface area contributed by atoms with Crippen LogP contribution in [0.5, 0.6) is 0 Å². The van der Waals surface area contributed by atoms with E-state index < -0.39 is 12.0 Å². The van der Waals surface area contributed by atoms with Gasteiger partial charge in [0, 0.05) is 30.8 Å². The Morgan fingerprint density at radius 2 is 1.77 bits per heavy atom. The predicted molar refractivity (Wildman–Crippen MR) is 97.7 cm³/mol. The second-order valence-electron chi connectivity index (χ2n) is 5.78. The molecule has 26 heavy (non-hydrogen) atoms. The van der Waals surface area contributed by atoms with Crippen LogP contribution in [0.2, 0.25) is 0 Å². The minimum Gasteiger partial charge on any atom is -0.481 e. The fourth-order valence-corrected chi connectivity index (χ4v) is 2.53. The van der Waals surface area contributed by atoms with Gasteiger partial charge in [0.1, 0.15) is 0 Å². The highest BCUT2D eigenvalue weighted by atomic mass is 16.4. The van der Waals surface area contributed by atoms with Gasteiger partial charge in [-0.25, -0.2) is 4.79 Å². The monoisotopic (exact) mass is 355 g/mol. The molecular formula is C19H21N3O4. The van der Waals surface area contributed by atoms with E-state index in [0.29, 0.717) is 30.8 Å².